The lowest BCUT2D eigenvalue weighted by Crippen LogP contribution is -2.37. The minimum atomic E-state index is -0.274. The Balaban J connectivity index is 2.17. The van der Waals surface area contributed by atoms with Crippen LogP contribution in [0, 0.1) is 0 Å². The van der Waals surface area contributed by atoms with Crippen LogP contribution in [0.15, 0.2) is 4.79 Å². The number of aliphatic hydroxyl groups is 1. The maximum atomic E-state index is 11.6. The molecule has 1 aliphatic rings. The van der Waals surface area contributed by atoms with E-state index in [0.717, 1.165) is 6.42 Å². The number of nitrogen functional groups attached to an aromatic ring is 1. The molecule has 88 valence electrons. The third kappa shape index (κ3) is 2.08. The molecule has 7 heteroatoms. The SMILES string of the molecule is Nc1nc2c(c(=O)[nH]1)NC(CCCO)CN2. The van der Waals surface area contributed by atoms with E-state index in [1.807, 2.05) is 0 Å². The van der Waals surface area contributed by atoms with Crippen LogP contribution in [0.25, 0.3) is 0 Å². The zero-order valence-electron chi connectivity index (χ0n) is 8.79. The quantitative estimate of drug-likeness (QED) is 0.466. The second-order valence-corrected chi connectivity index (χ2v) is 3.76. The molecule has 1 unspecified atom stereocenters. The average Bonchev–Trinajstić information content (AvgIpc) is 2.26. The van der Waals surface area contributed by atoms with Crippen molar-refractivity contribution >= 4 is 17.5 Å². The van der Waals surface area contributed by atoms with E-state index in [9.17, 15) is 4.79 Å². The Kier molecular flexibility index (Phi) is 2.95. The van der Waals surface area contributed by atoms with E-state index >= 15 is 0 Å². The van der Waals surface area contributed by atoms with Crippen LogP contribution in [-0.2, 0) is 0 Å². The third-order valence-corrected chi connectivity index (χ3v) is 2.51. The molecule has 1 aromatic rings. The Hall–Kier alpha value is -1.76. The number of hydrogen-bond donors (Lipinski definition) is 5. The minimum absolute atomic E-state index is 0.104. The average molecular weight is 225 g/mol. The first kappa shape index (κ1) is 10.7. The first-order valence-corrected chi connectivity index (χ1v) is 5.21. The van der Waals surface area contributed by atoms with Crippen molar-refractivity contribution in [3.05, 3.63) is 10.4 Å². The van der Waals surface area contributed by atoms with E-state index in [-0.39, 0.29) is 24.2 Å². The summed E-state index contributed by atoms with van der Waals surface area (Å²) >= 11 is 0. The molecule has 0 saturated heterocycles. The Morgan fingerprint density at radius 2 is 2.38 bits per heavy atom. The lowest BCUT2D eigenvalue weighted by atomic mass is 10.1. The van der Waals surface area contributed by atoms with Crippen molar-refractivity contribution in [2.24, 2.45) is 0 Å². The van der Waals surface area contributed by atoms with Gasteiger partial charge in [0.2, 0.25) is 5.95 Å². The summed E-state index contributed by atoms with van der Waals surface area (Å²) in [6, 6.07) is 0.131. The number of nitrogens with one attached hydrogen (secondary N) is 3. The fourth-order valence-electron chi connectivity index (χ4n) is 1.74. The molecule has 0 spiro atoms. The lowest BCUT2D eigenvalue weighted by molar-refractivity contribution is 0.281. The summed E-state index contributed by atoms with van der Waals surface area (Å²) in [5.74, 6) is 0.591. The van der Waals surface area contributed by atoms with Gasteiger partial charge in [-0.15, -0.1) is 0 Å². The molecular weight excluding hydrogens is 210 g/mol. The minimum Gasteiger partial charge on any atom is -0.396 e. The van der Waals surface area contributed by atoms with Gasteiger partial charge in [0.1, 0.15) is 5.69 Å². The second kappa shape index (κ2) is 4.40. The maximum absolute atomic E-state index is 11.6. The van der Waals surface area contributed by atoms with Crippen LogP contribution in [0.2, 0.25) is 0 Å². The smallest absolute Gasteiger partial charge is 0.277 e. The molecule has 0 radical (unpaired) electrons. The summed E-state index contributed by atoms with van der Waals surface area (Å²) in [7, 11) is 0. The molecule has 0 amide bonds. The number of nitrogens with zero attached hydrogens (tertiary/aromatic N) is 1. The van der Waals surface area contributed by atoms with Crippen molar-refractivity contribution in [2.45, 2.75) is 18.9 Å². The number of H-pyrrole nitrogens is 1. The number of aromatic amines is 1. The molecule has 0 bridgehead atoms. The summed E-state index contributed by atoms with van der Waals surface area (Å²) in [5, 5.41) is 14.9. The van der Waals surface area contributed by atoms with E-state index in [4.69, 9.17) is 10.8 Å². The summed E-state index contributed by atoms with van der Waals surface area (Å²) < 4.78 is 0. The monoisotopic (exact) mass is 225 g/mol. The van der Waals surface area contributed by atoms with E-state index < -0.39 is 0 Å². The molecule has 1 aliphatic heterocycles. The first-order chi connectivity index (χ1) is 7.70. The summed E-state index contributed by atoms with van der Waals surface area (Å²) in [6.45, 7) is 0.824. The fourth-order valence-corrected chi connectivity index (χ4v) is 1.74. The van der Waals surface area contributed by atoms with E-state index in [2.05, 4.69) is 20.6 Å². The van der Waals surface area contributed by atoms with Gasteiger partial charge in [-0.2, -0.15) is 4.98 Å². The lowest BCUT2D eigenvalue weighted by Gasteiger charge is -2.26. The Labute approximate surface area is 92.1 Å². The molecule has 0 saturated carbocycles. The van der Waals surface area contributed by atoms with Crippen LogP contribution >= 0.6 is 0 Å². The first-order valence-electron chi connectivity index (χ1n) is 5.21. The van der Waals surface area contributed by atoms with Gasteiger partial charge in [-0.05, 0) is 12.8 Å². The second-order valence-electron chi connectivity index (χ2n) is 3.76. The van der Waals surface area contributed by atoms with Gasteiger partial charge in [0.25, 0.3) is 5.56 Å². The highest BCUT2D eigenvalue weighted by Gasteiger charge is 2.20. The fraction of sp³-hybridized carbons (Fsp3) is 0.556. The number of hydrogen-bond acceptors (Lipinski definition) is 6. The van der Waals surface area contributed by atoms with Crippen molar-refractivity contribution in [3.8, 4) is 0 Å². The van der Waals surface area contributed by atoms with Gasteiger partial charge >= 0.3 is 0 Å². The maximum Gasteiger partial charge on any atom is 0.277 e. The topological polar surface area (TPSA) is 116 Å². The summed E-state index contributed by atoms with van der Waals surface area (Å²) in [4.78, 5) is 18.0. The molecule has 0 aromatic carbocycles. The van der Waals surface area contributed by atoms with Crippen LogP contribution in [-0.4, -0.2) is 34.3 Å². The molecule has 6 N–H and O–H groups in total. The van der Waals surface area contributed by atoms with E-state index in [0.29, 0.717) is 24.5 Å². The Bertz CT molecular complexity index is 430. The van der Waals surface area contributed by atoms with Crippen LogP contribution in [0.4, 0.5) is 17.5 Å². The normalized spacial score (nSPS) is 18.4. The van der Waals surface area contributed by atoms with Gasteiger partial charge in [0.15, 0.2) is 5.82 Å². The molecule has 2 rings (SSSR count). The molecule has 7 nitrogen and oxygen atoms in total. The predicted molar refractivity (Wildman–Crippen MR) is 61.5 cm³/mol. The van der Waals surface area contributed by atoms with Crippen molar-refractivity contribution in [1.29, 1.82) is 0 Å². The zero-order chi connectivity index (χ0) is 11.5. The predicted octanol–water partition coefficient (Wildman–Crippen LogP) is -0.669. The number of nitrogens with two attached hydrogens (primary N) is 1. The Morgan fingerprint density at radius 1 is 1.56 bits per heavy atom. The Morgan fingerprint density at radius 3 is 3.12 bits per heavy atom. The van der Waals surface area contributed by atoms with Crippen LogP contribution < -0.4 is 21.9 Å². The van der Waals surface area contributed by atoms with Crippen molar-refractivity contribution < 1.29 is 5.11 Å². The third-order valence-electron chi connectivity index (χ3n) is 2.51. The zero-order valence-corrected chi connectivity index (χ0v) is 8.79. The summed E-state index contributed by atoms with van der Waals surface area (Å²) in [5.41, 5.74) is 5.58. The highest BCUT2D eigenvalue weighted by molar-refractivity contribution is 5.67. The van der Waals surface area contributed by atoms with Gasteiger partial charge in [0, 0.05) is 19.2 Å². The van der Waals surface area contributed by atoms with Gasteiger partial charge in [-0.3, -0.25) is 9.78 Å². The molecule has 16 heavy (non-hydrogen) atoms. The standard InChI is InChI=1S/C9H15N5O2/c10-9-13-7-6(8(16)14-9)12-5(4-11-7)2-1-3-15/h5,12,15H,1-4H2,(H4,10,11,13,14,16). The number of aromatic nitrogens is 2. The van der Waals surface area contributed by atoms with Gasteiger partial charge in [-0.1, -0.05) is 0 Å². The van der Waals surface area contributed by atoms with Crippen molar-refractivity contribution in [3.63, 3.8) is 0 Å². The molecule has 1 atom stereocenters. The van der Waals surface area contributed by atoms with Gasteiger partial charge in [-0.25, -0.2) is 0 Å². The van der Waals surface area contributed by atoms with Crippen LogP contribution in [0.5, 0.6) is 0 Å². The molecule has 0 aliphatic carbocycles. The molecule has 2 heterocycles. The van der Waals surface area contributed by atoms with Crippen molar-refractivity contribution in [2.75, 3.05) is 29.5 Å². The van der Waals surface area contributed by atoms with Crippen molar-refractivity contribution in [1.82, 2.24) is 9.97 Å². The van der Waals surface area contributed by atoms with Gasteiger partial charge < -0.3 is 21.5 Å². The highest BCUT2D eigenvalue weighted by atomic mass is 16.2. The van der Waals surface area contributed by atoms with Crippen LogP contribution in [0.3, 0.4) is 0 Å². The van der Waals surface area contributed by atoms with Gasteiger partial charge in [0.05, 0.1) is 0 Å². The molecule has 0 fully saturated rings. The molecular formula is C9H15N5O2. The van der Waals surface area contributed by atoms with E-state index in [1.54, 1.807) is 0 Å². The number of fused-ring (bicyclic) bond motifs is 1. The highest BCUT2D eigenvalue weighted by Crippen LogP contribution is 2.21. The van der Waals surface area contributed by atoms with E-state index in [1.165, 1.54) is 0 Å². The summed E-state index contributed by atoms with van der Waals surface area (Å²) in [6.07, 6.45) is 1.50. The number of aliphatic hydroxyl groups excluding tert-OH is 1. The molecule has 1 aromatic heterocycles. The largest absolute Gasteiger partial charge is 0.396 e. The number of rotatable bonds is 3. The number of anilines is 3. The van der Waals surface area contributed by atoms with Crippen LogP contribution in [0.1, 0.15) is 12.8 Å².